The molecular formula is C11H19Cl3O2. The third kappa shape index (κ3) is 5.11. The number of unbranched alkanes of at least 4 members (excludes halogenated alkanes) is 3. The standard InChI is InChI=1S/C11H19Cl3O2/c1-4-5-6-7-8-16-9(15)10(2,3)11(12,13)14/h4-8H2,1-3H3. The number of esters is 1. The molecule has 0 aromatic rings. The number of carbonyl (C=O) groups is 1. The van der Waals surface area contributed by atoms with Gasteiger partial charge in [-0.25, -0.2) is 0 Å². The van der Waals surface area contributed by atoms with Gasteiger partial charge in [0.25, 0.3) is 0 Å². The maximum Gasteiger partial charge on any atom is 0.315 e. The summed E-state index contributed by atoms with van der Waals surface area (Å²) in [5, 5.41) is 0. The van der Waals surface area contributed by atoms with Crippen LogP contribution < -0.4 is 0 Å². The molecule has 0 aliphatic rings. The van der Waals surface area contributed by atoms with Gasteiger partial charge in [-0.3, -0.25) is 4.79 Å². The van der Waals surface area contributed by atoms with E-state index in [4.69, 9.17) is 39.5 Å². The van der Waals surface area contributed by atoms with E-state index in [0.717, 1.165) is 25.7 Å². The van der Waals surface area contributed by atoms with E-state index in [0.29, 0.717) is 6.61 Å². The smallest absolute Gasteiger partial charge is 0.315 e. The molecule has 16 heavy (non-hydrogen) atoms. The van der Waals surface area contributed by atoms with Gasteiger partial charge in [0.15, 0.2) is 0 Å². The van der Waals surface area contributed by atoms with Crippen LogP contribution in [0.5, 0.6) is 0 Å². The fourth-order valence-electron chi connectivity index (χ4n) is 0.990. The summed E-state index contributed by atoms with van der Waals surface area (Å²) in [6.45, 7) is 5.64. The summed E-state index contributed by atoms with van der Waals surface area (Å²) in [5.74, 6) is -0.469. The van der Waals surface area contributed by atoms with Crippen LogP contribution in [0, 0.1) is 5.41 Å². The van der Waals surface area contributed by atoms with E-state index < -0.39 is 15.2 Å². The van der Waals surface area contributed by atoms with Gasteiger partial charge in [0, 0.05) is 0 Å². The highest BCUT2D eigenvalue weighted by Gasteiger charge is 2.47. The van der Waals surface area contributed by atoms with Crippen LogP contribution in [0.15, 0.2) is 0 Å². The quantitative estimate of drug-likeness (QED) is 0.409. The van der Waals surface area contributed by atoms with E-state index in [1.54, 1.807) is 13.8 Å². The first-order chi connectivity index (χ1) is 7.23. The van der Waals surface area contributed by atoms with Crippen molar-refractivity contribution in [2.75, 3.05) is 6.61 Å². The second kappa shape index (κ2) is 6.93. The Balaban J connectivity index is 3.98. The first-order valence-electron chi connectivity index (χ1n) is 5.47. The Bertz CT molecular complexity index is 222. The van der Waals surface area contributed by atoms with Crippen LogP contribution >= 0.6 is 34.8 Å². The average Bonchev–Trinajstić information content (AvgIpc) is 2.15. The van der Waals surface area contributed by atoms with Crippen molar-refractivity contribution in [2.24, 2.45) is 5.41 Å². The molecule has 0 spiro atoms. The van der Waals surface area contributed by atoms with Crippen molar-refractivity contribution in [1.82, 2.24) is 0 Å². The lowest BCUT2D eigenvalue weighted by atomic mass is 9.96. The number of alkyl halides is 3. The normalized spacial score (nSPS) is 12.6. The van der Waals surface area contributed by atoms with Crippen molar-refractivity contribution in [3.63, 3.8) is 0 Å². The first-order valence-corrected chi connectivity index (χ1v) is 6.60. The van der Waals surface area contributed by atoms with E-state index >= 15 is 0 Å². The molecule has 0 amide bonds. The summed E-state index contributed by atoms with van der Waals surface area (Å²) in [4.78, 5) is 11.7. The molecule has 0 bridgehead atoms. The minimum absolute atomic E-state index is 0.392. The Morgan fingerprint density at radius 3 is 2.12 bits per heavy atom. The minimum atomic E-state index is -1.65. The molecule has 0 N–H and O–H groups in total. The number of rotatable bonds is 6. The summed E-state index contributed by atoms with van der Waals surface area (Å²) >= 11 is 17.1. The van der Waals surface area contributed by atoms with Gasteiger partial charge < -0.3 is 4.74 Å². The molecule has 0 aliphatic carbocycles. The second-order valence-electron chi connectivity index (χ2n) is 4.32. The minimum Gasteiger partial charge on any atom is -0.465 e. The van der Waals surface area contributed by atoms with Crippen LogP contribution in [0.25, 0.3) is 0 Å². The Morgan fingerprint density at radius 2 is 1.69 bits per heavy atom. The average molecular weight is 290 g/mol. The summed E-state index contributed by atoms with van der Waals surface area (Å²) in [6.07, 6.45) is 4.20. The lowest BCUT2D eigenvalue weighted by Gasteiger charge is -2.29. The SMILES string of the molecule is CCCCCCOC(=O)C(C)(C)C(Cl)(Cl)Cl. The molecule has 0 aromatic carbocycles. The highest BCUT2D eigenvalue weighted by Crippen LogP contribution is 2.44. The molecule has 96 valence electrons. The summed E-state index contributed by atoms with van der Waals surface area (Å²) in [6, 6.07) is 0. The largest absolute Gasteiger partial charge is 0.465 e. The van der Waals surface area contributed by atoms with E-state index in [1.807, 2.05) is 0 Å². The van der Waals surface area contributed by atoms with E-state index in [1.165, 1.54) is 0 Å². The van der Waals surface area contributed by atoms with Crippen LogP contribution in [-0.4, -0.2) is 16.4 Å². The third-order valence-corrected chi connectivity index (χ3v) is 3.87. The zero-order valence-corrected chi connectivity index (χ0v) is 12.3. The first kappa shape index (κ1) is 16.3. The highest BCUT2D eigenvalue weighted by molar-refractivity contribution is 6.68. The number of carbonyl (C=O) groups excluding carboxylic acids is 1. The molecular weight excluding hydrogens is 270 g/mol. The van der Waals surface area contributed by atoms with Crippen LogP contribution in [-0.2, 0) is 9.53 Å². The molecule has 0 fully saturated rings. The Kier molecular flexibility index (Phi) is 7.07. The van der Waals surface area contributed by atoms with Crippen LogP contribution in [0.2, 0.25) is 0 Å². The van der Waals surface area contributed by atoms with Crippen molar-refractivity contribution in [1.29, 1.82) is 0 Å². The third-order valence-electron chi connectivity index (χ3n) is 2.45. The second-order valence-corrected chi connectivity index (χ2v) is 6.60. The van der Waals surface area contributed by atoms with Crippen molar-refractivity contribution < 1.29 is 9.53 Å². The monoisotopic (exact) mass is 288 g/mol. The van der Waals surface area contributed by atoms with E-state index in [2.05, 4.69) is 6.92 Å². The van der Waals surface area contributed by atoms with Gasteiger partial charge in [0.1, 0.15) is 5.41 Å². The molecule has 0 aromatic heterocycles. The van der Waals surface area contributed by atoms with Crippen molar-refractivity contribution in [2.45, 2.75) is 50.2 Å². The maximum atomic E-state index is 11.7. The summed E-state index contributed by atoms with van der Waals surface area (Å²) < 4.78 is 3.44. The van der Waals surface area contributed by atoms with E-state index in [-0.39, 0.29) is 0 Å². The highest BCUT2D eigenvalue weighted by atomic mass is 35.6. The molecule has 0 radical (unpaired) electrons. The molecule has 2 nitrogen and oxygen atoms in total. The zero-order valence-electron chi connectivity index (χ0n) is 9.99. The molecule has 0 heterocycles. The molecule has 0 aliphatic heterocycles. The lowest BCUT2D eigenvalue weighted by Crippen LogP contribution is -2.38. The lowest BCUT2D eigenvalue weighted by molar-refractivity contribution is -0.153. The maximum absolute atomic E-state index is 11.7. The van der Waals surface area contributed by atoms with Crippen molar-refractivity contribution in [3.8, 4) is 0 Å². The number of halogens is 3. The molecule has 0 saturated carbocycles. The van der Waals surface area contributed by atoms with Gasteiger partial charge >= 0.3 is 5.97 Å². The van der Waals surface area contributed by atoms with Crippen LogP contribution in [0.1, 0.15) is 46.5 Å². The number of ether oxygens (including phenoxy) is 1. The zero-order chi connectivity index (χ0) is 12.8. The predicted molar refractivity (Wildman–Crippen MR) is 69.2 cm³/mol. The Hall–Kier alpha value is 0.340. The fourth-order valence-corrected chi connectivity index (χ4v) is 1.22. The van der Waals surface area contributed by atoms with Crippen molar-refractivity contribution in [3.05, 3.63) is 0 Å². The summed E-state index contributed by atoms with van der Waals surface area (Å²) in [7, 11) is 0. The van der Waals surface area contributed by atoms with Gasteiger partial charge in [0.05, 0.1) is 6.61 Å². The van der Waals surface area contributed by atoms with Gasteiger partial charge in [-0.15, -0.1) is 0 Å². The van der Waals surface area contributed by atoms with Gasteiger partial charge in [0.2, 0.25) is 3.79 Å². The van der Waals surface area contributed by atoms with Crippen LogP contribution in [0.4, 0.5) is 0 Å². The molecule has 5 heteroatoms. The predicted octanol–water partition coefficient (Wildman–Crippen LogP) is 4.51. The topological polar surface area (TPSA) is 26.3 Å². The molecule has 0 rings (SSSR count). The van der Waals surface area contributed by atoms with Gasteiger partial charge in [-0.05, 0) is 20.3 Å². The molecule has 0 saturated heterocycles. The fraction of sp³-hybridized carbons (Fsp3) is 0.909. The van der Waals surface area contributed by atoms with E-state index in [9.17, 15) is 4.79 Å². The number of hydrogen-bond acceptors (Lipinski definition) is 2. The molecule has 0 atom stereocenters. The van der Waals surface area contributed by atoms with Gasteiger partial charge in [-0.2, -0.15) is 0 Å². The van der Waals surface area contributed by atoms with Gasteiger partial charge in [-0.1, -0.05) is 61.0 Å². The Morgan fingerprint density at radius 1 is 1.12 bits per heavy atom. The summed E-state index contributed by atoms with van der Waals surface area (Å²) in [5.41, 5.74) is -1.12. The van der Waals surface area contributed by atoms with Crippen LogP contribution in [0.3, 0.4) is 0 Å². The van der Waals surface area contributed by atoms with Crippen molar-refractivity contribution >= 4 is 40.8 Å². The number of hydrogen-bond donors (Lipinski definition) is 0. The Labute approximate surface area is 113 Å². The molecule has 0 unspecified atom stereocenters.